The second kappa shape index (κ2) is 6.98. The van der Waals surface area contributed by atoms with Crippen molar-refractivity contribution in [1.82, 2.24) is 25.8 Å². The number of H-pyrrole nitrogens is 1. The first kappa shape index (κ1) is 17.4. The molecule has 1 aliphatic rings. The number of rotatable bonds is 4. The quantitative estimate of drug-likeness (QED) is 0.554. The summed E-state index contributed by atoms with van der Waals surface area (Å²) in [5.41, 5.74) is 3.19. The molecule has 2 unspecified atom stereocenters. The van der Waals surface area contributed by atoms with Gasteiger partial charge in [-0.2, -0.15) is 5.10 Å². The molecule has 1 fully saturated rings. The number of hydrogen-bond acceptors (Lipinski definition) is 6. The molecule has 27 heavy (non-hydrogen) atoms. The zero-order chi connectivity index (χ0) is 19.0. The van der Waals surface area contributed by atoms with E-state index in [1.165, 1.54) is 0 Å². The molecule has 140 valence electrons. The maximum atomic E-state index is 13.1. The second-order valence-corrected chi connectivity index (χ2v) is 6.66. The molecule has 2 atom stereocenters. The minimum atomic E-state index is -0.192. The second-order valence-electron chi connectivity index (χ2n) is 6.66. The van der Waals surface area contributed by atoms with Crippen LogP contribution in [0.5, 0.6) is 5.75 Å². The van der Waals surface area contributed by atoms with Gasteiger partial charge in [0.05, 0.1) is 28.8 Å². The Kier molecular flexibility index (Phi) is 4.51. The topological polar surface area (TPSA) is 112 Å². The molecule has 1 aromatic carbocycles. The summed E-state index contributed by atoms with van der Waals surface area (Å²) in [7, 11) is 1.64. The van der Waals surface area contributed by atoms with Crippen molar-refractivity contribution < 1.29 is 14.6 Å². The van der Waals surface area contributed by atoms with Crippen LogP contribution in [0.4, 0.5) is 0 Å². The number of phenolic OH excluding ortho intramolecular Hbond substituents is 1. The molecule has 0 radical (unpaired) electrons. The lowest BCUT2D eigenvalue weighted by atomic mass is 10.0. The normalized spacial score (nSPS) is 19.5. The highest BCUT2D eigenvalue weighted by Gasteiger charge is 2.29. The number of amides is 1. The molecule has 2 aromatic heterocycles. The summed E-state index contributed by atoms with van der Waals surface area (Å²) < 4.78 is 5.43. The zero-order valence-corrected chi connectivity index (χ0v) is 15.1. The summed E-state index contributed by atoms with van der Waals surface area (Å²) in [6.45, 7) is 3.23. The van der Waals surface area contributed by atoms with E-state index in [2.05, 4.69) is 25.8 Å². The van der Waals surface area contributed by atoms with E-state index in [9.17, 15) is 9.90 Å². The standard InChI is InChI=1S/C19H21N5O3/c1-10-17-13(19(26)22-15-8-20-9-16(15)27-2)7-14(21-18(17)24-23-10)11-3-5-12(25)6-4-11/h3-7,15-16,20,25H,8-9H2,1-2H3,(H,22,26)(H,21,23,24). The molecule has 3 aromatic rings. The fourth-order valence-electron chi connectivity index (χ4n) is 3.43. The highest BCUT2D eigenvalue weighted by molar-refractivity contribution is 6.07. The van der Waals surface area contributed by atoms with E-state index in [-0.39, 0.29) is 23.8 Å². The van der Waals surface area contributed by atoms with Gasteiger partial charge >= 0.3 is 0 Å². The third-order valence-corrected chi connectivity index (χ3v) is 4.89. The first-order valence-electron chi connectivity index (χ1n) is 8.76. The molecule has 1 saturated heterocycles. The van der Waals surface area contributed by atoms with Gasteiger partial charge in [-0.15, -0.1) is 0 Å². The molecule has 1 aliphatic heterocycles. The van der Waals surface area contributed by atoms with Gasteiger partial charge in [-0.1, -0.05) is 0 Å². The van der Waals surface area contributed by atoms with Crippen molar-refractivity contribution >= 4 is 16.9 Å². The van der Waals surface area contributed by atoms with E-state index >= 15 is 0 Å². The maximum Gasteiger partial charge on any atom is 0.252 e. The van der Waals surface area contributed by atoms with Crippen molar-refractivity contribution in [2.75, 3.05) is 20.2 Å². The number of fused-ring (bicyclic) bond motifs is 1. The minimum Gasteiger partial charge on any atom is -0.508 e. The van der Waals surface area contributed by atoms with Gasteiger partial charge in [0.2, 0.25) is 0 Å². The van der Waals surface area contributed by atoms with Gasteiger partial charge in [0.1, 0.15) is 5.75 Å². The summed E-state index contributed by atoms with van der Waals surface area (Å²) in [5, 5.41) is 23.6. The van der Waals surface area contributed by atoms with Gasteiger partial charge in [0.25, 0.3) is 5.91 Å². The number of benzene rings is 1. The molecule has 4 rings (SSSR count). The van der Waals surface area contributed by atoms with Crippen LogP contribution in [0.2, 0.25) is 0 Å². The molecule has 8 heteroatoms. The van der Waals surface area contributed by atoms with E-state index in [4.69, 9.17) is 4.74 Å². The minimum absolute atomic E-state index is 0.0618. The molecule has 0 spiro atoms. The van der Waals surface area contributed by atoms with Crippen molar-refractivity contribution in [2.45, 2.75) is 19.1 Å². The maximum absolute atomic E-state index is 13.1. The van der Waals surface area contributed by atoms with Crippen LogP contribution in [0.3, 0.4) is 0 Å². The first-order valence-corrected chi connectivity index (χ1v) is 8.76. The average molecular weight is 367 g/mol. The average Bonchev–Trinajstić information content (AvgIpc) is 3.28. The Hall–Kier alpha value is -2.97. The largest absolute Gasteiger partial charge is 0.508 e. The number of pyridine rings is 1. The van der Waals surface area contributed by atoms with Crippen molar-refractivity contribution in [3.8, 4) is 17.0 Å². The molecule has 4 N–H and O–H groups in total. The number of ether oxygens (including phenoxy) is 1. The number of nitrogens with zero attached hydrogens (tertiary/aromatic N) is 2. The van der Waals surface area contributed by atoms with Crippen LogP contribution in [0, 0.1) is 6.92 Å². The van der Waals surface area contributed by atoms with Crippen molar-refractivity contribution in [3.63, 3.8) is 0 Å². The number of nitrogens with one attached hydrogen (secondary N) is 3. The lowest BCUT2D eigenvalue weighted by Crippen LogP contribution is -2.43. The number of aryl methyl sites for hydroxylation is 1. The van der Waals surface area contributed by atoms with Gasteiger partial charge in [-0.25, -0.2) is 4.98 Å². The number of hydrogen-bond donors (Lipinski definition) is 4. The SMILES string of the molecule is COC1CNCC1NC(=O)c1cc(-c2ccc(O)cc2)nc2n[nH]c(C)c12. The molecule has 8 nitrogen and oxygen atoms in total. The number of carbonyl (C=O) groups is 1. The molecule has 1 amide bonds. The van der Waals surface area contributed by atoms with Crippen LogP contribution < -0.4 is 10.6 Å². The first-order chi connectivity index (χ1) is 13.1. The predicted molar refractivity (Wildman–Crippen MR) is 101 cm³/mol. The Bertz CT molecular complexity index is 983. The summed E-state index contributed by atoms with van der Waals surface area (Å²) in [6.07, 6.45) is -0.0618. The molecule has 3 heterocycles. The summed E-state index contributed by atoms with van der Waals surface area (Å²) in [6, 6.07) is 8.35. The van der Waals surface area contributed by atoms with Crippen LogP contribution in [0.15, 0.2) is 30.3 Å². The van der Waals surface area contributed by atoms with Crippen LogP contribution in [0.1, 0.15) is 16.1 Å². The Morgan fingerprint density at radius 2 is 2.07 bits per heavy atom. The summed E-state index contributed by atoms with van der Waals surface area (Å²) in [5.74, 6) is -0.0181. The Morgan fingerprint density at radius 1 is 1.30 bits per heavy atom. The van der Waals surface area contributed by atoms with Crippen molar-refractivity contribution in [3.05, 3.63) is 41.6 Å². The number of aromatic amines is 1. The molecular formula is C19H21N5O3. The van der Waals surface area contributed by atoms with Crippen molar-refractivity contribution in [1.29, 1.82) is 0 Å². The fraction of sp³-hybridized carbons (Fsp3) is 0.316. The van der Waals surface area contributed by atoms with Gasteiger partial charge in [0.15, 0.2) is 5.65 Å². The van der Waals surface area contributed by atoms with Gasteiger partial charge in [-0.05, 0) is 37.3 Å². The van der Waals surface area contributed by atoms with Gasteiger partial charge < -0.3 is 20.5 Å². The van der Waals surface area contributed by atoms with E-state index in [0.29, 0.717) is 35.4 Å². The lowest BCUT2D eigenvalue weighted by molar-refractivity contribution is 0.0781. The van der Waals surface area contributed by atoms with Gasteiger partial charge in [0, 0.05) is 31.5 Å². The van der Waals surface area contributed by atoms with Crippen LogP contribution >= 0.6 is 0 Å². The Morgan fingerprint density at radius 3 is 2.81 bits per heavy atom. The lowest BCUT2D eigenvalue weighted by Gasteiger charge is -2.19. The monoisotopic (exact) mass is 367 g/mol. The van der Waals surface area contributed by atoms with E-state index in [0.717, 1.165) is 11.3 Å². The summed E-state index contributed by atoms with van der Waals surface area (Å²) in [4.78, 5) is 17.6. The smallest absolute Gasteiger partial charge is 0.252 e. The third kappa shape index (κ3) is 3.24. The Balaban J connectivity index is 1.75. The number of phenols is 1. The number of aromatic hydroxyl groups is 1. The number of methoxy groups -OCH3 is 1. The highest BCUT2D eigenvalue weighted by Crippen LogP contribution is 2.27. The van der Waals surface area contributed by atoms with Crippen LogP contribution in [0.25, 0.3) is 22.3 Å². The fourth-order valence-corrected chi connectivity index (χ4v) is 3.43. The Labute approximate surface area is 156 Å². The molecule has 0 bridgehead atoms. The number of aromatic nitrogens is 3. The zero-order valence-electron chi connectivity index (χ0n) is 15.1. The van der Waals surface area contributed by atoms with E-state index < -0.39 is 0 Å². The van der Waals surface area contributed by atoms with Crippen molar-refractivity contribution in [2.24, 2.45) is 0 Å². The van der Waals surface area contributed by atoms with E-state index in [1.54, 1.807) is 37.4 Å². The highest BCUT2D eigenvalue weighted by atomic mass is 16.5. The molecule has 0 saturated carbocycles. The number of carbonyl (C=O) groups excluding carboxylic acids is 1. The van der Waals surface area contributed by atoms with E-state index in [1.807, 2.05) is 6.92 Å². The predicted octanol–water partition coefficient (Wildman–Crippen LogP) is 1.36. The van der Waals surface area contributed by atoms with Gasteiger partial charge in [-0.3, -0.25) is 9.89 Å². The summed E-state index contributed by atoms with van der Waals surface area (Å²) >= 11 is 0. The molecule has 0 aliphatic carbocycles. The molecular weight excluding hydrogens is 346 g/mol. The van der Waals surface area contributed by atoms with Crippen LogP contribution in [-0.4, -0.2) is 58.5 Å². The third-order valence-electron chi connectivity index (χ3n) is 4.89. The van der Waals surface area contributed by atoms with Crippen LogP contribution in [-0.2, 0) is 4.74 Å².